The van der Waals surface area contributed by atoms with Crippen molar-refractivity contribution in [2.24, 2.45) is 0 Å². The summed E-state index contributed by atoms with van der Waals surface area (Å²) in [5, 5.41) is 8.09. The van der Waals surface area contributed by atoms with Crippen LogP contribution in [0.3, 0.4) is 0 Å². The molecule has 0 bridgehead atoms. The highest BCUT2D eigenvalue weighted by atomic mass is 16.5. The van der Waals surface area contributed by atoms with Crippen molar-refractivity contribution in [3.8, 4) is 5.75 Å². The Balaban J connectivity index is 2.00. The highest BCUT2D eigenvalue weighted by molar-refractivity contribution is 5.86. The fourth-order valence-electron chi connectivity index (χ4n) is 2.38. The lowest BCUT2D eigenvalue weighted by atomic mass is 10.1. The SMILES string of the molecule is COc1cccc2cc([C@@H]3CNCCN3)[nH]c12. The zero-order chi connectivity index (χ0) is 11.7. The summed E-state index contributed by atoms with van der Waals surface area (Å²) in [6.07, 6.45) is 0. The number of rotatable bonds is 2. The van der Waals surface area contributed by atoms with Crippen LogP contribution in [-0.4, -0.2) is 31.7 Å². The molecule has 2 aromatic rings. The molecule has 4 nitrogen and oxygen atoms in total. The molecule has 0 radical (unpaired) electrons. The first-order valence-electron chi connectivity index (χ1n) is 5.98. The molecule has 90 valence electrons. The van der Waals surface area contributed by atoms with Crippen molar-refractivity contribution < 1.29 is 4.74 Å². The Labute approximate surface area is 100 Å². The molecule has 0 amide bonds. The van der Waals surface area contributed by atoms with Crippen molar-refractivity contribution in [3.63, 3.8) is 0 Å². The Morgan fingerprint density at radius 1 is 1.29 bits per heavy atom. The topological polar surface area (TPSA) is 49.1 Å². The minimum absolute atomic E-state index is 0.362. The fourth-order valence-corrected chi connectivity index (χ4v) is 2.38. The first-order chi connectivity index (χ1) is 8.38. The Morgan fingerprint density at radius 3 is 3.00 bits per heavy atom. The van der Waals surface area contributed by atoms with Gasteiger partial charge in [-0.25, -0.2) is 0 Å². The van der Waals surface area contributed by atoms with Crippen LogP contribution < -0.4 is 15.4 Å². The first-order valence-corrected chi connectivity index (χ1v) is 5.98. The van der Waals surface area contributed by atoms with E-state index >= 15 is 0 Å². The average Bonchev–Trinajstić information content (AvgIpc) is 2.83. The minimum atomic E-state index is 0.362. The second-order valence-electron chi connectivity index (χ2n) is 4.36. The van der Waals surface area contributed by atoms with Gasteiger partial charge in [0.15, 0.2) is 0 Å². The van der Waals surface area contributed by atoms with Crippen LogP contribution in [0.15, 0.2) is 24.3 Å². The monoisotopic (exact) mass is 231 g/mol. The molecule has 0 unspecified atom stereocenters. The van der Waals surface area contributed by atoms with Gasteiger partial charge in [0.25, 0.3) is 0 Å². The quantitative estimate of drug-likeness (QED) is 0.732. The lowest BCUT2D eigenvalue weighted by Crippen LogP contribution is -2.42. The number of nitrogens with one attached hydrogen (secondary N) is 3. The maximum absolute atomic E-state index is 5.36. The molecule has 1 aromatic heterocycles. The molecule has 3 rings (SSSR count). The van der Waals surface area contributed by atoms with Gasteiger partial charge < -0.3 is 20.4 Å². The molecular formula is C13H17N3O. The van der Waals surface area contributed by atoms with E-state index in [1.165, 1.54) is 11.1 Å². The van der Waals surface area contributed by atoms with Gasteiger partial charge in [0.1, 0.15) is 5.75 Å². The third-order valence-electron chi connectivity index (χ3n) is 3.28. The maximum atomic E-state index is 5.36. The maximum Gasteiger partial charge on any atom is 0.142 e. The Morgan fingerprint density at radius 2 is 2.24 bits per heavy atom. The minimum Gasteiger partial charge on any atom is -0.495 e. The van der Waals surface area contributed by atoms with E-state index in [-0.39, 0.29) is 0 Å². The molecule has 1 aromatic carbocycles. The van der Waals surface area contributed by atoms with E-state index in [2.05, 4.69) is 27.8 Å². The van der Waals surface area contributed by atoms with Gasteiger partial charge in [0, 0.05) is 30.7 Å². The van der Waals surface area contributed by atoms with Crippen LogP contribution in [0, 0.1) is 0 Å². The van der Waals surface area contributed by atoms with Crippen LogP contribution in [-0.2, 0) is 0 Å². The summed E-state index contributed by atoms with van der Waals surface area (Å²) < 4.78 is 5.36. The number of fused-ring (bicyclic) bond motifs is 1. The number of para-hydroxylation sites is 1. The summed E-state index contributed by atoms with van der Waals surface area (Å²) >= 11 is 0. The van der Waals surface area contributed by atoms with E-state index in [9.17, 15) is 0 Å². The van der Waals surface area contributed by atoms with Crippen LogP contribution in [0.25, 0.3) is 10.9 Å². The predicted molar refractivity (Wildman–Crippen MR) is 68.5 cm³/mol. The second kappa shape index (κ2) is 4.39. The third kappa shape index (κ3) is 1.90. The number of methoxy groups -OCH3 is 1. The Hall–Kier alpha value is -1.52. The predicted octanol–water partition coefficient (Wildman–Crippen LogP) is 1.41. The molecule has 0 aliphatic carbocycles. The number of hydrogen-bond donors (Lipinski definition) is 3. The largest absolute Gasteiger partial charge is 0.495 e. The average molecular weight is 231 g/mol. The van der Waals surface area contributed by atoms with Gasteiger partial charge in [-0.1, -0.05) is 12.1 Å². The Bertz CT molecular complexity index is 514. The summed E-state index contributed by atoms with van der Waals surface area (Å²) in [6, 6.07) is 8.66. The number of H-pyrrole nitrogens is 1. The summed E-state index contributed by atoms with van der Waals surface area (Å²) in [7, 11) is 1.70. The van der Waals surface area contributed by atoms with Crippen molar-refractivity contribution in [2.75, 3.05) is 26.7 Å². The molecule has 1 atom stereocenters. The highest BCUT2D eigenvalue weighted by Crippen LogP contribution is 2.27. The molecule has 1 saturated heterocycles. The fraction of sp³-hybridized carbons (Fsp3) is 0.385. The molecule has 1 fully saturated rings. The van der Waals surface area contributed by atoms with E-state index in [0.717, 1.165) is 30.9 Å². The van der Waals surface area contributed by atoms with E-state index in [1.807, 2.05) is 12.1 Å². The molecule has 17 heavy (non-hydrogen) atoms. The molecule has 3 N–H and O–H groups in total. The van der Waals surface area contributed by atoms with Gasteiger partial charge >= 0.3 is 0 Å². The first kappa shape index (κ1) is 10.6. The lowest BCUT2D eigenvalue weighted by Gasteiger charge is -2.23. The van der Waals surface area contributed by atoms with Crippen molar-refractivity contribution in [2.45, 2.75) is 6.04 Å². The number of hydrogen-bond acceptors (Lipinski definition) is 3. The molecule has 1 aliphatic heterocycles. The molecule has 0 spiro atoms. The summed E-state index contributed by atoms with van der Waals surface area (Å²) in [5.41, 5.74) is 2.30. The number of ether oxygens (including phenoxy) is 1. The molecule has 4 heteroatoms. The molecule has 1 aliphatic rings. The van der Waals surface area contributed by atoms with Crippen LogP contribution >= 0.6 is 0 Å². The van der Waals surface area contributed by atoms with E-state index in [0.29, 0.717) is 6.04 Å². The van der Waals surface area contributed by atoms with Crippen molar-refractivity contribution in [3.05, 3.63) is 30.0 Å². The zero-order valence-electron chi connectivity index (χ0n) is 9.92. The zero-order valence-corrected chi connectivity index (χ0v) is 9.92. The molecule has 0 saturated carbocycles. The number of aromatic nitrogens is 1. The normalized spacial score (nSPS) is 20.6. The number of aromatic amines is 1. The van der Waals surface area contributed by atoms with Crippen LogP contribution in [0.5, 0.6) is 5.75 Å². The second-order valence-corrected chi connectivity index (χ2v) is 4.36. The van der Waals surface area contributed by atoms with Gasteiger partial charge in [-0.2, -0.15) is 0 Å². The molecule has 2 heterocycles. The summed E-state index contributed by atoms with van der Waals surface area (Å²) in [4.78, 5) is 3.46. The summed E-state index contributed by atoms with van der Waals surface area (Å²) in [5.74, 6) is 0.900. The standard InChI is InChI=1S/C13H17N3O/c1-17-12-4-2-3-9-7-10(16-13(9)12)11-8-14-5-6-15-11/h2-4,7,11,14-16H,5-6,8H2,1H3/t11-/m0/s1. The smallest absolute Gasteiger partial charge is 0.142 e. The van der Waals surface area contributed by atoms with Crippen molar-refractivity contribution in [1.29, 1.82) is 0 Å². The molecular weight excluding hydrogens is 214 g/mol. The van der Waals surface area contributed by atoms with Crippen molar-refractivity contribution >= 4 is 10.9 Å². The highest BCUT2D eigenvalue weighted by Gasteiger charge is 2.17. The van der Waals surface area contributed by atoms with Gasteiger partial charge in [-0.3, -0.25) is 0 Å². The third-order valence-corrected chi connectivity index (χ3v) is 3.28. The number of piperazine rings is 1. The van der Waals surface area contributed by atoms with E-state index in [1.54, 1.807) is 7.11 Å². The van der Waals surface area contributed by atoms with Crippen LogP contribution in [0.1, 0.15) is 11.7 Å². The van der Waals surface area contributed by atoms with Gasteiger partial charge in [-0.15, -0.1) is 0 Å². The number of benzene rings is 1. The van der Waals surface area contributed by atoms with E-state index in [4.69, 9.17) is 4.74 Å². The summed E-state index contributed by atoms with van der Waals surface area (Å²) in [6.45, 7) is 3.02. The van der Waals surface area contributed by atoms with E-state index < -0.39 is 0 Å². The van der Waals surface area contributed by atoms with Crippen LogP contribution in [0.2, 0.25) is 0 Å². The Kier molecular flexibility index (Phi) is 2.74. The van der Waals surface area contributed by atoms with Gasteiger partial charge in [-0.05, 0) is 12.1 Å². The van der Waals surface area contributed by atoms with Gasteiger partial charge in [0.2, 0.25) is 0 Å². The van der Waals surface area contributed by atoms with Crippen LogP contribution in [0.4, 0.5) is 0 Å². The van der Waals surface area contributed by atoms with Gasteiger partial charge in [0.05, 0.1) is 18.7 Å². The lowest BCUT2D eigenvalue weighted by molar-refractivity contribution is 0.416. The van der Waals surface area contributed by atoms with Crippen molar-refractivity contribution in [1.82, 2.24) is 15.6 Å².